The monoisotopic (exact) mass is 359 g/mol. The highest BCUT2D eigenvalue weighted by Crippen LogP contribution is 2.29. The maximum Gasteiger partial charge on any atom is 0.290 e. The van der Waals surface area contributed by atoms with Gasteiger partial charge in [-0.2, -0.15) is 0 Å². The highest BCUT2D eigenvalue weighted by atomic mass is 35.5. The minimum atomic E-state index is -0.137. The van der Waals surface area contributed by atoms with E-state index in [1.807, 2.05) is 13.1 Å². The number of aromatic nitrogens is 2. The molecular formula is C18H18ClN3O3. The van der Waals surface area contributed by atoms with Crippen LogP contribution in [0.2, 0.25) is 5.02 Å². The number of amides is 1. The Labute approximate surface area is 149 Å². The van der Waals surface area contributed by atoms with E-state index in [0.717, 1.165) is 16.9 Å². The van der Waals surface area contributed by atoms with Gasteiger partial charge in [-0.1, -0.05) is 11.6 Å². The Bertz CT molecular complexity index is 946. The molecule has 2 aromatic heterocycles. The number of hydrogen-bond acceptors (Lipinski definition) is 4. The summed E-state index contributed by atoms with van der Waals surface area (Å²) in [4.78, 5) is 19.2. The van der Waals surface area contributed by atoms with Crippen LogP contribution in [0.5, 0.6) is 0 Å². The Morgan fingerprint density at radius 3 is 3.04 bits per heavy atom. The largest absolute Gasteiger partial charge is 0.451 e. The molecule has 3 aromatic rings. The summed E-state index contributed by atoms with van der Waals surface area (Å²) in [6.07, 6.45) is 1.81. The maximum atomic E-state index is 12.9. The number of nitrogens with zero attached hydrogens (tertiary/aromatic N) is 3. The molecule has 0 saturated heterocycles. The van der Waals surface area contributed by atoms with Crippen LogP contribution >= 0.6 is 11.6 Å². The van der Waals surface area contributed by atoms with Crippen molar-refractivity contribution in [2.45, 2.75) is 26.1 Å². The fourth-order valence-electron chi connectivity index (χ4n) is 3.36. The molecule has 0 bridgehead atoms. The number of carbonyl (C=O) groups excluding carboxylic acids is 1. The third kappa shape index (κ3) is 2.71. The second-order valence-corrected chi connectivity index (χ2v) is 6.60. The molecule has 0 fully saturated rings. The van der Waals surface area contributed by atoms with E-state index < -0.39 is 0 Å². The zero-order chi connectivity index (χ0) is 17.6. The van der Waals surface area contributed by atoms with Crippen molar-refractivity contribution < 1.29 is 13.9 Å². The zero-order valence-corrected chi connectivity index (χ0v) is 14.8. The number of fused-ring (bicyclic) bond motifs is 2. The summed E-state index contributed by atoms with van der Waals surface area (Å²) in [6, 6.07) is 6.93. The zero-order valence-electron chi connectivity index (χ0n) is 14.0. The number of benzene rings is 1. The van der Waals surface area contributed by atoms with Gasteiger partial charge < -0.3 is 18.6 Å². The summed E-state index contributed by atoms with van der Waals surface area (Å²) in [7, 11) is 1.66. The van der Waals surface area contributed by atoms with Crippen LogP contribution in [0.4, 0.5) is 0 Å². The number of hydrogen-bond donors (Lipinski definition) is 0. The van der Waals surface area contributed by atoms with Gasteiger partial charge in [0, 0.05) is 30.6 Å². The van der Waals surface area contributed by atoms with Crippen LogP contribution in [0, 0.1) is 0 Å². The van der Waals surface area contributed by atoms with Crippen LogP contribution in [0.1, 0.15) is 35.0 Å². The Hall–Kier alpha value is -2.31. The predicted molar refractivity (Wildman–Crippen MR) is 93.6 cm³/mol. The van der Waals surface area contributed by atoms with Crippen molar-refractivity contribution in [2.24, 2.45) is 0 Å². The second-order valence-electron chi connectivity index (χ2n) is 6.16. The summed E-state index contributed by atoms with van der Waals surface area (Å²) < 4.78 is 13.0. The first-order chi connectivity index (χ1) is 12.1. The van der Waals surface area contributed by atoms with Gasteiger partial charge in [-0.05, 0) is 31.2 Å². The van der Waals surface area contributed by atoms with Gasteiger partial charge in [-0.3, -0.25) is 4.79 Å². The maximum absolute atomic E-state index is 12.9. The molecule has 1 unspecified atom stereocenters. The Balaban J connectivity index is 1.63. The fourth-order valence-corrected chi connectivity index (χ4v) is 3.54. The van der Waals surface area contributed by atoms with Gasteiger partial charge in [-0.15, -0.1) is 0 Å². The van der Waals surface area contributed by atoms with E-state index in [1.54, 1.807) is 36.3 Å². The van der Waals surface area contributed by atoms with E-state index in [0.29, 0.717) is 36.1 Å². The summed E-state index contributed by atoms with van der Waals surface area (Å²) in [5, 5.41) is 1.44. The molecule has 25 heavy (non-hydrogen) atoms. The van der Waals surface area contributed by atoms with Crippen LogP contribution in [-0.2, 0) is 17.9 Å². The number of rotatable bonds is 3. The molecular weight excluding hydrogens is 342 g/mol. The normalized spacial score (nSPS) is 17.1. The van der Waals surface area contributed by atoms with E-state index >= 15 is 0 Å². The van der Waals surface area contributed by atoms with Gasteiger partial charge in [0.25, 0.3) is 5.91 Å². The number of ether oxygens (including phenoxy) is 1. The molecule has 4 rings (SSSR count). The first-order valence-corrected chi connectivity index (χ1v) is 8.49. The summed E-state index contributed by atoms with van der Waals surface area (Å²) in [6.45, 7) is 3.78. The molecule has 0 N–H and O–H groups in total. The van der Waals surface area contributed by atoms with Gasteiger partial charge in [0.2, 0.25) is 0 Å². The number of imidazole rings is 1. The fraction of sp³-hybridized carbons (Fsp3) is 0.333. The van der Waals surface area contributed by atoms with Crippen molar-refractivity contribution >= 4 is 28.5 Å². The molecule has 0 saturated carbocycles. The third-order valence-corrected chi connectivity index (χ3v) is 4.85. The molecule has 1 atom stereocenters. The quantitative estimate of drug-likeness (QED) is 0.716. The second kappa shape index (κ2) is 6.20. The highest BCUT2D eigenvalue weighted by Gasteiger charge is 2.32. The first kappa shape index (κ1) is 16.2. The van der Waals surface area contributed by atoms with Crippen LogP contribution in [-0.4, -0.2) is 34.0 Å². The van der Waals surface area contributed by atoms with Gasteiger partial charge in [0.05, 0.1) is 24.5 Å². The van der Waals surface area contributed by atoms with Gasteiger partial charge in [0.15, 0.2) is 5.76 Å². The van der Waals surface area contributed by atoms with E-state index in [4.69, 9.17) is 20.8 Å². The van der Waals surface area contributed by atoms with E-state index in [2.05, 4.69) is 9.55 Å². The molecule has 0 spiro atoms. The molecule has 1 amide bonds. The molecule has 0 aliphatic carbocycles. The van der Waals surface area contributed by atoms with Crippen molar-refractivity contribution in [1.29, 1.82) is 0 Å². The molecule has 0 radical (unpaired) electrons. The average Bonchev–Trinajstić information content (AvgIpc) is 3.19. The Kier molecular flexibility index (Phi) is 4.01. The lowest BCUT2D eigenvalue weighted by atomic mass is 10.2. The van der Waals surface area contributed by atoms with Crippen LogP contribution in [0.15, 0.2) is 34.9 Å². The van der Waals surface area contributed by atoms with Crippen molar-refractivity contribution in [3.05, 3.63) is 52.8 Å². The summed E-state index contributed by atoms with van der Waals surface area (Å²) in [5.41, 5.74) is 1.68. The lowest BCUT2D eigenvalue weighted by molar-refractivity contribution is 0.0602. The number of carbonyl (C=O) groups is 1. The first-order valence-electron chi connectivity index (χ1n) is 8.12. The van der Waals surface area contributed by atoms with Crippen LogP contribution < -0.4 is 0 Å². The number of furan rings is 1. The third-order valence-electron chi connectivity index (χ3n) is 4.62. The lowest BCUT2D eigenvalue weighted by Crippen LogP contribution is -2.41. The highest BCUT2D eigenvalue weighted by molar-refractivity contribution is 6.31. The predicted octanol–water partition coefficient (Wildman–Crippen LogP) is 3.65. The van der Waals surface area contributed by atoms with Crippen molar-refractivity contribution in [2.75, 3.05) is 13.7 Å². The van der Waals surface area contributed by atoms with Gasteiger partial charge >= 0.3 is 0 Å². The summed E-state index contributed by atoms with van der Waals surface area (Å²) in [5.74, 6) is 1.05. The average molecular weight is 360 g/mol. The van der Waals surface area contributed by atoms with Gasteiger partial charge in [0.1, 0.15) is 11.4 Å². The topological polar surface area (TPSA) is 60.5 Å². The van der Waals surface area contributed by atoms with Crippen LogP contribution in [0.25, 0.3) is 11.0 Å². The SMILES string of the molecule is COCc1cnc2n1CCN(C(=O)c1cc3cc(Cl)ccc3o1)C2C. The van der Waals surface area contributed by atoms with Gasteiger partial charge in [-0.25, -0.2) is 4.98 Å². The minimum absolute atomic E-state index is 0.136. The molecule has 6 nitrogen and oxygen atoms in total. The molecule has 1 aliphatic rings. The van der Waals surface area contributed by atoms with E-state index in [1.165, 1.54) is 0 Å². The number of halogens is 1. The minimum Gasteiger partial charge on any atom is -0.451 e. The van der Waals surface area contributed by atoms with E-state index in [-0.39, 0.29) is 11.9 Å². The van der Waals surface area contributed by atoms with Crippen molar-refractivity contribution in [3.63, 3.8) is 0 Å². The molecule has 3 heterocycles. The molecule has 130 valence electrons. The van der Waals surface area contributed by atoms with E-state index in [9.17, 15) is 4.79 Å². The molecule has 1 aromatic carbocycles. The standard InChI is InChI=1S/C18H18ClN3O3/c1-11-17-20-9-14(10-24-2)22(17)6-5-21(11)18(23)16-8-12-7-13(19)3-4-15(12)25-16/h3-4,7-9,11H,5-6,10H2,1-2H3. The lowest BCUT2D eigenvalue weighted by Gasteiger charge is -2.33. The van der Waals surface area contributed by atoms with Crippen molar-refractivity contribution in [1.82, 2.24) is 14.5 Å². The summed E-state index contributed by atoms with van der Waals surface area (Å²) >= 11 is 6.01. The number of methoxy groups -OCH3 is 1. The van der Waals surface area contributed by atoms with Crippen LogP contribution in [0.3, 0.4) is 0 Å². The Morgan fingerprint density at radius 1 is 1.40 bits per heavy atom. The molecule has 1 aliphatic heterocycles. The Morgan fingerprint density at radius 2 is 2.24 bits per heavy atom. The van der Waals surface area contributed by atoms with Crippen molar-refractivity contribution in [3.8, 4) is 0 Å². The molecule has 7 heteroatoms. The smallest absolute Gasteiger partial charge is 0.290 e.